The molecule has 1 heteroatoms. The highest BCUT2D eigenvalue weighted by atomic mass is 16.3. The van der Waals surface area contributed by atoms with Crippen molar-refractivity contribution in [1.29, 1.82) is 0 Å². The second-order valence-electron chi connectivity index (χ2n) is 4.03. The fourth-order valence-electron chi connectivity index (χ4n) is 1.85. The van der Waals surface area contributed by atoms with Gasteiger partial charge in [0, 0.05) is 5.92 Å². The van der Waals surface area contributed by atoms with E-state index in [0.717, 1.165) is 5.56 Å². The number of aliphatic hydroxyl groups excluding tert-OH is 1. The van der Waals surface area contributed by atoms with E-state index in [-0.39, 0.29) is 6.61 Å². The smallest absolute Gasteiger partial charge is 0.0681 e. The van der Waals surface area contributed by atoms with Crippen LogP contribution in [-0.4, -0.2) is 5.11 Å². The summed E-state index contributed by atoms with van der Waals surface area (Å²) >= 11 is 0. The summed E-state index contributed by atoms with van der Waals surface area (Å²) in [6.45, 7) is 2.31. The highest BCUT2D eigenvalue weighted by Crippen LogP contribution is 2.23. The maximum Gasteiger partial charge on any atom is 0.0681 e. The fourth-order valence-corrected chi connectivity index (χ4v) is 1.85. The van der Waals surface area contributed by atoms with Gasteiger partial charge in [0.2, 0.25) is 0 Å². The minimum atomic E-state index is 0.111. The van der Waals surface area contributed by atoms with Gasteiger partial charge < -0.3 is 5.11 Å². The van der Waals surface area contributed by atoms with Crippen molar-refractivity contribution in [3.05, 3.63) is 71.3 Å². The van der Waals surface area contributed by atoms with Gasteiger partial charge in [-0.05, 0) is 16.7 Å². The largest absolute Gasteiger partial charge is 0.392 e. The Morgan fingerprint density at radius 1 is 0.875 bits per heavy atom. The van der Waals surface area contributed by atoms with Gasteiger partial charge in [-0.3, -0.25) is 0 Å². The molecule has 16 heavy (non-hydrogen) atoms. The van der Waals surface area contributed by atoms with Gasteiger partial charge in [0.05, 0.1) is 6.61 Å². The minimum Gasteiger partial charge on any atom is -0.392 e. The van der Waals surface area contributed by atoms with Crippen LogP contribution < -0.4 is 0 Å². The third-order valence-corrected chi connectivity index (χ3v) is 2.96. The summed E-state index contributed by atoms with van der Waals surface area (Å²) in [5.41, 5.74) is 3.56. The van der Waals surface area contributed by atoms with Crippen LogP contribution in [0.4, 0.5) is 0 Å². The van der Waals surface area contributed by atoms with Gasteiger partial charge in [0.25, 0.3) is 0 Å². The Morgan fingerprint density at radius 3 is 2.00 bits per heavy atom. The van der Waals surface area contributed by atoms with Crippen LogP contribution >= 0.6 is 0 Å². The molecule has 1 nitrogen and oxygen atoms in total. The molecule has 2 aromatic carbocycles. The molecular weight excluding hydrogens is 196 g/mol. The van der Waals surface area contributed by atoms with Crippen molar-refractivity contribution in [1.82, 2.24) is 0 Å². The number of hydrogen-bond donors (Lipinski definition) is 1. The van der Waals surface area contributed by atoms with Crippen molar-refractivity contribution in [2.24, 2.45) is 0 Å². The summed E-state index contributed by atoms with van der Waals surface area (Å²) in [6, 6.07) is 18.6. The van der Waals surface area contributed by atoms with E-state index in [1.54, 1.807) is 0 Å². The molecule has 0 unspecified atom stereocenters. The summed E-state index contributed by atoms with van der Waals surface area (Å²) in [6.07, 6.45) is 0. The Morgan fingerprint density at radius 2 is 1.44 bits per heavy atom. The predicted octanol–water partition coefficient (Wildman–Crippen LogP) is 3.33. The second-order valence-corrected chi connectivity index (χ2v) is 4.03. The first-order valence-electron chi connectivity index (χ1n) is 5.56. The second kappa shape index (κ2) is 4.95. The third kappa shape index (κ3) is 2.31. The van der Waals surface area contributed by atoms with Crippen LogP contribution in [0.3, 0.4) is 0 Å². The molecule has 0 aliphatic heterocycles. The topological polar surface area (TPSA) is 20.2 Å². The maximum absolute atomic E-state index is 8.98. The zero-order valence-corrected chi connectivity index (χ0v) is 9.43. The molecule has 1 atom stereocenters. The minimum absolute atomic E-state index is 0.111. The van der Waals surface area contributed by atoms with Gasteiger partial charge in [-0.15, -0.1) is 0 Å². The quantitative estimate of drug-likeness (QED) is 0.827. The SMILES string of the molecule is C[C@H](c1ccccc1)c1ccc(CO)cc1. The molecule has 0 spiro atoms. The molecule has 0 saturated heterocycles. The van der Waals surface area contributed by atoms with Gasteiger partial charge >= 0.3 is 0 Å². The first kappa shape index (κ1) is 10.9. The van der Waals surface area contributed by atoms with E-state index in [9.17, 15) is 0 Å². The molecule has 0 heterocycles. The summed E-state index contributed by atoms with van der Waals surface area (Å²) in [5, 5.41) is 8.98. The van der Waals surface area contributed by atoms with Crippen LogP contribution in [0, 0.1) is 0 Å². The average molecular weight is 212 g/mol. The van der Waals surface area contributed by atoms with Crippen molar-refractivity contribution in [3.63, 3.8) is 0 Å². The molecule has 0 aromatic heterocycles. The predicted molar refractivity (Wildman–Crippen MR) is 66.3 cm³/mol. The van der Waals surface area contributed by atoms with Gasteiger partial charge in [-0.25, -0.2) is 0 Å². The van der Waals surface area contributed by atoms with E-state index in [0.29, 0.717) is 5.92 Å². The monoisotopic (exact) mass is 212 g/mol. The Kier molecular flexibility index (Phi) is 3.37. The van der Waals surface area contributed by atoms with Gasteiger partial charge in [0.1, 0.15) is 0 Å². The number of aliphatic hydroxyl groups is 1. The standard InChI is InChI=1S/C15H16O/c1-12(14-5-3-2-4-6-14)15-9-7-13(11-16)8-10-15/h2-10,12,16H,11H2,1H3/t12-/m1/s1. The van der Waals surface area contributed by atoms with Crippen molar-refractivity contribution >= 4 is 0 Å². The van der Waals surface area contributed by atoms with Crippen LogP contribution in [0.25, 0.3) is 0 Å². The highest BCUT2D eigenvalue weighted by molar-refractivity contribution is 5.33. The van der Waals surface area contributed by atoms with Crippen LogP contribution in [0.1, 0.15) is 29.5 Å². The molecule has 0 bridgehead atoms. The number of benzene rings is 2. The molecule has 0 saturated carbocycles. The Hall–Kier alpha value is -1.60. The normalized spacial score (nSPS) is 12.4. The Bertz CT molecular complexity index is 431. The first-order chi connectivity index (χ1) is 7.81. The average Bonchev–Trinajstić information content (AvgIpc) is 2.39. The van der Waals surface area contributed by atoms with Crippen LogP contribution in [-0.2, 0) is 6.61 Å². The van der Waals surface area contributed by atoms with Crippen LogP contribution in [0.5, 0.6) is 0 Å². The Labute approximate surface area is 96.4 Å². The van der Waals surface area contributed by atoms with Crippen molar-refractivity contribution in [2.75, 3.05) is 0 Å². The van der Waals surface area contributed by atoms with E-state index in [1.807, 2.05) is 18.2 Å². The van der Waals surface area contributed by atoms with Gasteiger partial charge in [-0.2, -0.15) is 0 Å². The van der Waals surface area contributed by atoms with Crippen LogP contribution in [0.2, 0.25) is 0 Å². The zero-order valence-electron chi connectivity index (χ0n) is 9.43. The molecule has 2 aromatic rings. The summed E-state index contributed by atoms with van der Waals surface area (Å²) in [5.74, 6) is 0.397. The third-order valence-electron chi connectivity index (χ3n) is 2.96. The lowest BCUT2D eigenvalue weighted by atomic mass is 9.93. The van der Waals surface area contributed by atoms with E-state index in [1.165, 1.54) is 11.1 Å². The lowest BCUT2D eigenvalue weighted by molar-refractivity contribution is 0.282. The number of rotatable bonds is 3. The summed E-state index contributed by atoms with van der Waals surface area (Å²) in [7, 11) is 0. The van der Waals surface area contributed by atoms with E-state index < -0.39 is 0 Å². The van der Waals surface area contributed by atoms with E-state index in [4.69, 9.17) is 5.11 Å². The summed E-state index contributed by atoms with van der Waals surface area (Å²) < 4.78 is 0. The molecule has 0 aliphatic rings. The van der Waals surface area contributed by atoms with Gasteiger partial charge in [-0.1, -0.05) is 61.5 Å². The van der Waals surface area contributed by atoms with Crippen molar-refractivity contribution < 1.29 is 5.11 Å². The van der Waals surface area contributed by atoms with Crippen molar-refractivity contribution in [2.45, 2.75) is 19.4 Å². The zero-order chi connectivity index (χ0) is 11.4. The fraction of sp³-hybridized carbons (Fsp3) is 0.200. The lowest BCUT2D eigenvalue weighted by Crippen LogP contribution is -1.96. The molecule has 0 radical (unpaired) electrons. The Balaban J connectivity index is 2.24. The van der Waals surface area contributed by atoms with Gasteiger partial charge in [0.15, 0.2) is 0 Å². The number of hydrogen-bond acceptors (Lipinski definition) is 1. The summed E-state index contributed by atoms with van der Waals surface area (Å²) in [4.78, 5) is 0. The molecular formula is C15H16O. The molecule has 2 rings (SSSR count). The molecule has 0 aliphatic carbocycles. The molecule has 82 valence electrons. The molecule has 0 amide bonds. The molecule has 1 N–H and O–H groups in total. The first-order valence-corrected chi connectivity index (χ1v) is 5.56. The lowest BCUT2D eigenvalue weighted by Gasteiger charge is -2.12. The van der Waals surface area contributed by atoms with Crippen LogP contribution in [0.15, 0.2) is 54.6 Å². The maximum atomic E-state index is 8.98. The van der Waals surface area contributed by atoms with Crippen molar-refractivity contribution in [3.8, 4) is 0 Å². The molecule has 0 fully saturated rings. The van der Waals surface area contributed by atoms with E-state index >= 15 is 0 Å². The van der Waals surface area contributed by atoms with E-state index in [2.05, 4.69) is 43.3 Å². The highest BCUT2D eigenvalue weighted by Gasteiger charge is 2.07.